The predicted octanol–water partition coefficient (Wildman–Crippen LogP) is 2.91. The Hall–Kier alpha value is -2.40. The van der Waals surface area contributed by atoms with Gasteiger partial charge in [-0.2, -0.15) is 0 Å². The summed E-state index contributed by atoms with van der Waals surface area (Å²) >= 11 is 0. The molecule has 0 fully saturated rings. The third kappa shape index (κ3) is 6.08. The maximum atomic E-state index is 9.49. The van der Waals surface area contributed by atoms with Crippen LogP contribution in [0.2, 0.25) is 0 Å². The van der Waals surface area contributed by atoms with Crippen molar-refractivity contribution in [2.75, 3.05) is 35.3 Å². The molecule has 1 unspecified atom stereocenters. The number of hydrogen-bond donors (Lipinski definition) is 5. The summed E-state index contributed by atoms with van der Waals surface area (Å²) in [6, 6.07) is 15.4. The van der Waals surface area contributed by atoms with Crippen molar-refractivity contribution < 1.29 is 5.11 Å². The average molecular weight is 314 g/mol. The topological polar surface area (TPSA) is 96.3 Å². The molecule has 2 aromatic carbocycles. The zero-order chi connectivity index (χ0) is 16.5. The van der Waals surface area contributed by atoms with Gasteiger partial charge in [-0.25, -0.2) is 0 Å². The Labute approximate surface area is 137 Å². The summed E-state index contributed by atoms with van der Waals surface area (Å²) in [5.41, 5.74) is 14.9. The predicted molar refractivity (Wildman–Crippen MR) is 98.5 cm³/mol. The molecule has 0 spiro atoms. The first-order valence-corrected chi connectivity index (χ1v) is 8.00. The van der Waals surface area contributed by atoms with Gasteiger partial charge in [0.1, 0.15) is 0 Å². The molecule has 2 aromatic rings. The molecule has 0 amide bonds. The van der Waals surface area contributed by atoms with E-state index in [0.717, 1.165) is 48.6 Å². The number of aliphatic hydroxyl groups is 1. The summed E-state index contributed by atoms with van der Waals surface area (Å²) in [6.45, 7) is 1.03. The van der Waals surface area contributed by atoms with E-state index in [1.54, 1.807) is 0 Å². The number of anilines is 4. The largest absolute Gasteiger partial charge is 0.399 e. The van der Waals surface area contributed by atoms with Crippen LogP contribution in [0.5, 0.6) is 0 Å². The highest BCUT2D eigenvalue weighted by Gasteiger charge is 2.06. The number of unbranched alkanes of at least 4 members (excludes halogenated alkanes) is 1. The number of nitrogen functional groups attached to an aromatic ring is 2. The lowest BCUT2D eigenvalue weighted by Crippen LogP contribution is -2.23. The van der Waals surface area contributed by atoms with Crippen LogP contribution in [0.4, 0.5) is 22.7 Å². The van der Waals surface area contributed by atoms with Crippen molar-refractivity contribution in [1.82, 2.24) is 0 Å². The lowest BCUT2D eigenvalue weighted by molar-refractivity contribution is 0.267. The van der Waals surface area contributed by atoms with Gasteiger partial charge in [-0.15, -0.1) is 0 Å². The van der Waals surface area contributed by atoms with Gasteiger partial charge in [0, 0.05) is 35.3 Å². The fourth-order valence-electron chi connectivity index (χ4n) is 2.37. The SMILES string of the molecule is Nc1ccc(NCCCCC(CO)Nc2ccc(N)cc2)cc1. The number of aliphatic hydroxyl groups excluding tert-OH is 1. The zero-order valence-corrected chi connectivity index (χ0v) is 13.3. The number of hydrogen-bond acceptors (Lipinski definition) is 5. The van der Waals surface area contributed by atoms with Crippen molar-refractivity contribution in [1.29, 1.82) is 0 Å². The van der Waals surface area contributed by atoms with Crippen molar-refractivity contribution in [2.45, 2.75) is 25.3 Å². The zero-order valence-electron chi connectivity index (χ0n) is 13.3. The first-order valence-electron chi connectivity index (χ1n) is 8.00. The second-order valence-electron chi connectivity index (χ2n) is 5.69. The molecular formula is C18H26N4O. The lowest BCUT2D eigenvalue weighted by atomic mass is 10.1. The molecular weight excluding hydrogens is 288 g/mol. The first kappa shape index (κ1) is 17.0. The molecule has 5 nitrogen and oxygen atoms in total. The van der Waals surface area contributed by atoms with E-state index in [2.05, 4.69) is 10.6 Å². The maximum Gasteiger partial charge on any atom is 0.0632 e. The van der Waals surface area contributed by atoms with E-state index in [9.17, 15) is 5.11 Å². The van der Waals surface area contributed by atoms with E-state index < -0.39 is 0 Å². The van der Waals surface area contributed by atoms with Gasteiger partial charge >= 0.3 is 0 Å². The lowest BCUT2D eigenvalue weighted by Gasteiger charge is -2.17. The number of benzene rings is 2. The second kappa shape index (κ2) is 8.90. The van der Waals surface area contributed by atoms with E-state index in [1.165, 1.54) is 0 Å². The van der Waals surface area contributed by atoms with Crippen LogP contribution in [0.15, 0.2) is 48.5 Å². The van der Waals surface area contributed by atoms with Crippen LogP contribution in [0, 0.1) is 0 Å². The molecule has 0 aromatic heterocycles. The molecule has 7 N–H and O–H groups in total. The van der Waals surface area contributed by atoms with E-state index >= 15 is 0 Å². The molecule has 0 saturated carbocycles. The third-order valence-electron chi connectivity index (χ3n) is 3.72. The van der Waals surface area contributed by atoms with Crippen LogP contribution in [0.3, 0.4) is 0 Å². The fourth-order valence-corrected chi connectivity index (χ4v) is 2.37. The Morgan fingerprint density at radius 1 is 0.826 bits per heavy atom. The monoisotopic (exact) mass is 314 g/mol. The van der Waals surface area contributed by atoms with Crippen molar-refractivity contribution in [3.63, 3.8) is 0 Å². The smallest absolute Gasteiger partial charge is 0.0632 e. The summed E-state index contributed by atoms with van der Waals surface area (Å²) in [5, 5.41) is 16.2. The quantitative estimate of drug-likeness (QED) is 0.362. The first-order chi connectivity index (χ1) is 11.2. The van der Waals surface area contributed by atoms with Crippen molar-refractivity contribution in [2.24, 2.45) is 0 Å². The van der Waals surface area contributed by atoms with Crippen LogP contribution in [0.25, 0.3) is 0 Å². The van der Waals surface area contributed by atoms with E-state index in [-0.39, 0.29) is 12.6 Å². The van der Waals surface area contributed by atoms with Gasteiger partial charge in [-0.1, -0.05) is 0 Å². The van der Waals surface area contributed by atoms with Gasteiger partial charge < -0.3 is 27.2 Å². The van der Waals surface area contributed by atoms with Gasteiger partial charge in [-0.3, -0.25) is 0 Å². The Morgan fingerprint density at radius 3 is 1.96 bits per heavy atom. The van der Waals surface area contributed by atoms with Gasteiger partial charge in [0.2, 0.25) is 0 Å². The van der Waals surface area contributed by atoms with Crippen molar-refractivity contribution in [3.05, 3.63) is 48.5 Å². The molecule has 5 heteroatoms. The molecule has 2 rings (SSSR count). The Bertz CT molecular complexity index is 569. The number of nitrogens with two attached hydrogens (primary N) is 2. The molecule has 0 aliphatic heterocycles. The third-order valence-corrected chi connectivity index (χ3v) is 3.72. The van der Waals surface area contributed by atoms with E-state index in [0.29, 0.717) is 0 Å². The molecule has 0 heterocycles. The molecule has 23 heavy (non-hydrogen) atoms. The summed E-state index contributed by atoms with van der Waals surface area (Å²) in [4.78, 5) is 0. The van der Waals surface area contributed by atoms with Crippen LogP contribution in [-0.4, -0.2) is 24.3 Å². The molecule has 0 aliphatic rings. The van der Waals surface area contributed by atoms with Crippen molar-refractivity contribution >= 4 is 22.7 Å². The molecule has 0 aliphatic carbocycles. The summed E-state index contributed by atoms with van der Waals surface area (Å²) in [5.74, 6) is 0. The van der Waals surface area contributed by atoms with Crippen LogP contribution in [0.1, 0.15) is 19.3 Å². The molecule has 1 atom stereocenters. The minimum absolute atomic E-state index is 0.0650. The minimum atomic E-state index is 0.0650. The molecule has 0 saturated heterocycles. The second-order valence-corrected chi connectivity index (χ2v) is 5.69. The van der Waals surface area contributed by atoms with Gasteiger partial charge in [0.05, 0.1) is 6.61 Å². The highest BCUT2D eigenvalue weighted by Crippen LogP contribution is 2.14. The van der Waals surface area contributed by atoms with E-state index in [1.807, 2.05) is 48.5 Å². The standard InChI is InChI=1S/C18H26N4O/c19-14-4-8-16(9-5-14)21-12-2-1-3-18(13-23)22-17-10-6-15(20)7-11-17/h4-11,18,21-23H,1-3,12-13,19-20H2. The highest BCUT2D eigenvalue weighted by molar-refractivity contribution is 5.52. The summed E-state index contributed by atoms with van der Waals surface area (Å²) in [7, 11) is 0. The van der Waals surface area contributed by atoms with Crippen molar-refractivity contribution in [3.8, 4) is 0 Å². The van der Waals surface area contributed by atoms with Gasteiger partial charge in [0.15, 0.2) is 0 Å². The highest BCUT2D eigenvalue weighted by atomic mass is 16.3. The number of nitrogens with one attached hydrogen (secondary N) is 2. The molecule has 124 valence electrons. The summed E-state index contributed by atoms with van der Waals surface area (Å²) in [6.07, 6.45) is 3.00. The number of rotatable bonds is 9. The Morgan fingerprint density at radius 2 is 1.39 bits per heavy atom. The normalized spacial score (nSPS) is 11.9. The Kier molecular flexibility index (Phi) is 6.56. The molecule has 0 radical (unpaired) electrons. The van der Waals surface area contributed by atoms with Crippen LogP contribution < -0.4 is 22.1 Å². The van der Waals surface area contributed by atoms with Gasteiger partial charge in [-0.05, 0) is 67.8 Å². The average Bonchev–Trinajstić information content (AvgIpc) is 2.57. The fraction of sp³-hybridized carbons (Fsp3) is 0.333. The summed E-state index contributed by atoms with van der Waals surface area (Å²) < 4.78 is 0. The van der Waals surface area contributed by atoms with Crippen LogP contribution >= 0.6 is 0 Å². The molecule has 0 bridgehead atoms. The van der Waals surface area contributed by atoms with Crippen LogP contribution in [-0.2, 0) is 0 Å². The van der Waals surface area contributed by atoms with E-state index in [4.69, 9.17) is 11.5 Å². The van der Waals surface area contributed by atoms with Gasteiger partial charge in [0.25, 0.3) is 0 Å². The Balaban J connectivity index is 1.65. The minimum Gasteiger partial charge on any atom is -0.399 e. The maximum absolute atomic E-state index is 9.49.